The number of amides is 1. The highest BCUT2D eigenvalue weighted by Crippen LogP contribution is 2.11. The van der Waals surface area contributed by atoms with Crippen molar-refractivity contribution in [2.24, 2.45) is 5.92 Å². The number of nitrogens with zero attached hydrogens (tertiary/aromatic N) is 1. The number of aryl methyl sites for hydroxylation is 1. The zero-order chi connectivity index (χ0) is 12.8. The second-order valence-corrected chi connectivity index (χ2v) is 4.90. The van der Waals surface area contributed by atoms with Crippen LogP contribution in [0.1, 0.15) is 38.3 Å². The van der Waals surface area contributed by atoms with E-state index < -0.39 is 0 Å². The van der Waals surface area contributed by atoms with E-state index in [1.807, 2.05) is 18.7 Å². The summed E-state index contributed by atoms with van der Waals surface area (Å²) < 4.78 is 0. The molecule has 0 bridgehead atoms. The van der Waals surface area contributed by atoms with E-state index in [9.17, 15) is 4.79 Å². The first kappa shape index (κ1) is 13.8. The Labute approximate surface area is 105 Å². The van der Waals surface area contributed by atoms with Crippen LogP contribution in [0, 0.1) is 12.8 Å². The zero-order valence-electron chi connectivity index (χ0n) is 11.4. The Morgan fingerprint density at radius 3 is 2.59 bits per heavy atom. The lowest BCUT2D eigenvalue weighted by Crippen LogP contribution is -2.34. The minimum Gasteiger partial charge on any atom is -0.338 e. The van der Waals surface area contributed by atoms with E-state index in [1.54, 1.807) is 0 Å². The van der Waals surface area contributed by atoms with Gasteiger partial charge in [0, 0.05) is 19.0 Å². The molecule has 0 saturated carbocycles. The molecule has 0 atom stereocenters. The monoisotopic (exact) mass is 233 g/mol. The van der Waals surface area contributed by atoms with Crippen molar-refractivity contribution in [2.75, 3.05) is 6.54 Å². The molecule has 1 rings (SSSR count). The largest absolute Gasteiger partial charge is 0.338 e. The molecule has 0 aliphatic heterocycles. The first-order chi connectivity index (χ1) is 8.04. The molecule has 94 valence electrons. The second-order valence-electron chi connectivity index (χ2n) is 4.90. The van der Waals surface area contributed by atoms with Crippen molar-refractivity contribution in [3.05, 3.63) is 35.4 Å². The highest BCUT2D eigenvalue weighted by molar-refractivity contribution is 5.78. The average molecular weight is 233 g/mol. The van der Waals surface area contributed by atoms with E-state index in [0.717, 1.165) is 19.5 Å². The van der Waals surface area contributed by atoms with Crippen molar-refractivity contribution in [3.8, 4) is 0 Å². The number of hydrogen-bond donors (Lipinski definition) is 0. The molecule has 2 heteroatoms. The fourth-order valence-corrected chi connectivity index (χ4v) is 1.93. The lowest BCUT2D eigenvalue weighted by atomic mass is 10.1. The van der Waals surface area contributed by atoms with E-state index in [0.29, 0.717) is 0 Å². The van der Waals surface area contributed by atoms with Crippen LogP contribution in [0.3, 0.4) is 0 Å². The highest BCUT2D eigenvalue weighted by Gasteiger charge is 2.16. The van der Waals surface area contributed by atoms with Crippen molar-refractivity contribution in [3.63, 3.8) is 0 Å². The third kappa shape index (κ3) is 4.22. The molecule has 17 heavy (non-hydrogen) atoms. The summed E-state index contributed by atoms with van der Waals surface area (Å²) >= 11 is 0. The Kier molecular flexibility index (Phi) is 5.20. The summed E-state index contributed by atoms with van der Waals surface area (Å²) in [6.07, 6.45) is 1.00. The number of hydrogen-bond acceptors (Lipinski definition) is 1. The number of carbonyl (C=O) groups excluding carboxylic acids is 1. The molecular formula is C15H23NO. The van der Waals surface area contributed by atoms with Gasteiger partial charge in [-0.25, -0.2) is 0 Å². The Hall–Kier alpha value is -1.31. The number of benzene rings is 1. The van der Waals surface area contributed by atoms with E-state index in [1.165, 1.54) is 11.1 Å². The van der Waals surface area contributed by atoms with Gasteiger partial charge >= 0.3 is 0 Å². The molecule has 0 aliphatic carbocycles. The maximum atomic E-state index is 12.0. The third-order valence-corrected chi connectivity index (χ3v) is 2.76. The van der Waals surface area contributed by atoms with Crippen LogP contribution < -0.4 is 0 Å². The van der Waals surface area contributed by atoms with Gasteiger partial charge in [-0.2, -0.15) is 0 Å². The maximum absolute atomic E-state index is 12.0. The average Bonchev–Trinajstić information content (AvgIpc) is 2.27. The molecule has 0 aliphatic rings. The molecular weight excluding hydrogens is 210 g/mol. The molecule has 1 aromatic rings. The molecule has 1 amide bonds. The smallest absolute Gasteiger partial charge is 0.225 e. The fourth-order valence-electron chi connectivity index (χ4n) is 1.93. The van der Waals surface area contributed by atoms with E-state index in [2.05, 4.69) is 38.1 Å². The van der Waals surface area contributed by atoms with Gasteiger partial charge in [0.15, 0.2) is 0 Å². The molecule has 0 fully saturated rings. The van der Waals surface area contributed by atoms with Gasteiger partial charge in [0.05, 0.1) is 0 Å². The van der Waals surface area contributed by atoms with Crippen LogP contribution >= 0.6 is 0 Å². The summed E-state index contributed by atoms with van der Waals surface area (Å²) in [6.45, 7) is 9.68. The van der Waals surface area contributed by atoms with Crippen molar-refractivity contribution >= 4 is 5.91 Å². The van der Waals surface area contributed by atoms with Gasteiger partial charge in [-0.1, -0.05) is 50.6 Å². The predicted octanol–water partition coefficient (Wildman–Crippen LogP) is 3.39. The molecule has 0 unspecified atom stereocenters. The summed E-state index contributed by atoms with van der Waals surface area (Å²) in [5, 5.41) is 0. The summed E-state index contributed by atoms with van der Waals surface area (Å²) in [7, 11) is 0. The van der Waals surface area contributed by atoms with Crippen LogP contribution in [0.25, 0.3) is 0 Å². The summed E-state index contributed by atoms with van der Waals surface area (Å²) in [4.78, 5) is 14.0. The maximum Gasteiger partial charge on any atom is 0.225 e. The Bertz CT molecular complexity index is 371. The minimum atomic E-state index is 0.0753. The summed E-state index contributed by atoms with van der Waals surface area (Å²) in [6, 6.07) is 8.37. The van der Waals surface area contributed by atoms with E-state index >= 15 is 0 Å². The van der Waals surface area contributed by atoms with Gasteiger partial charge < -0.3 is 4.90 Å². The Morgan fingerprint density at radius 1 is 1.35 bits per heavy atom. The molecule has 0 spiro atoms. The molecule has 0 radical (unpaired) electrons. The van der Waals surface area contributed by atoms with Gasteiger partial charge in [-0.15, -0.1) is 0 Å². The van der Waals surface area contributed by atoms with Crippen LogP contribution in [-0.4, -0.2) is 17.4 Å². The lowest BCUT2D eigenvalue weighted by Gasteiger charge is -2.24. The Morgan fingerprint density at radius 2 is 2.06 bits per heavy atom. The van der Waals surface area contributed by atoms with Gasteiger partial charge in [0.25, 0.3) is 0 Å². The quantitative estimate of drug-likeness (QED) is 0.763. The van der Waals surface area contributed by atoms with Gasteiger partial charge in [-0.3, -0.25) is 4.79 Å². The predicted molar refractivity (Wildman–Crippen MR) is 71.7 cm³/mol. The van der Waals surface area contributed by atoms with E-state index in [-0.39, 0.29) is 11.8 Å². The van der Waals surface area contributed by atoms with Gasteiger partial charge in [-0.05, 0) is 18.9 Å². The molecule has 2 nitrogen and oxygen atoms in total. The molecule has 0 heterocycles. The standard InChI is InChI=1S/C15H23NO/c1-5-9-16(15(17)12(2)3)11-14-8-6-7-13(4)10-14/h6-8,10,12H,5,9,11H2,1-4H3. The second kappa shape index (κ2) is 6.43. The van der Waals surface area contributed by atoms with Gasteiger partial charge in [0.2, 0.25) is 5.91 Å². The first-order valence-electron chi connectivity index (χ1n) is 6.39. The first-order valence-corrected chi connectivity index (χ1v) is 6.39. The minimum absolute atomic E-state index is 0.0753. The number of rotatable bonds is 5. The molecule has 0 N–H and O–H groups in total. The fraction of sp³-hybridized carbons (Fsp3) is 0.533. The van der Waals surface area contributed by atoms with Crippen molar-refractivity contribution in [1.82, 2.24) is 4.90 Å². The molecule has 1 aromatic carbocycles. The lowest BCUT2D eigenvalue weighted by molar-refractivity contribution is -0.135. The molecule has 0 saturated heterocycles. The van der Waals surface area contributed by atoms with Crippen LogP contribution in [0.2, 0.25) is 0 Å². The topological polar surface area (TPSA) is 20.3 Å². The summed E-state index contributed by atoms with van der Waals surface area (Å²) in [5.74, 6) is 0.319. The molecule has 0 aromatic heterocycles. The zero-order valence-corrected chi connectivity index (χ0v) is 11.4. The van der Waals surface area contributed by atoms with Crippen LogP contribution in [0.5, 0.6) is 0 Å². The van der Waals surface area contributed by atoms with Crippen LogP contribution in [0.4, 0.5) is 0 Å². The summed E-state index contributed by atoms with van der Waals surface area (Å²) in [5.41, 5.74) is 2.46. The van der Waals surface area contributed by atoms with Gasteiger partial charge in [0.1, 0.15) is 0 Å². The van der Waals surface area contributed by atoms with E-state index in [4.69, 9.17) is 0 Å². The van der Waals surface area contributed by atoms with Crippen molar-refractivity contribution in [2.45, 2.75) is 40.7 Å². The Balaban J connectivity index is 2.76. The van der Waals surface area contributed by atoms with Crippen molar-refractivity contribution < 1.29 is 4.79 Å². The number of carbonyl (C=O) groups is 1. The SMILES string of the molecule is CCCN(Cc1cccc(C)c1)C(=O)C(C)C. The highest BCUT2D eigenvalue weighted by atomic mass is 16.2. The van der Waals surface area contributed by atoms with Crippen LogP contribution in [-0.2, 0) is 11.3 Å². The normalized spacial score (nSPS) is 10.6. The third-order valence-electron chi connectivity index (χ3n) is 2.76. The van der Waals surface area contributed by atoms with Crippen molar-refractivity contribution in [1.29, 1.82) is 0 Å². The van der Waals surface area contributed by atoms with Crippen LogP contribution in [0.15, 0.2) is 24.3 Å².